The molecule has 0 fully saturated rings. The molecule has 1 atom stereocenters. The molecule has 0 bridgehead atoms. The van der Waals surface area contributed by atoms with E-state index in [9.17, 15) is 18.8 Å². The molecule has 2 heterocycles. The predicted octanol–water partition coefficient (Wildman–Crippen LogP) is 5.21. The van der Waals surface area contributed by atoms with Gasteiger partial charge in [-0.25, -0.2) is 18.7 Å². The lowest BCUT2D eigenvalue weighted by molar-refractivity contribution is 0.00683. The fourth-order valence-corrected chi connectivity index (χ4v) is 4.84. The Bertz CT molecular complexity index is 1670. The van der Waals surface area contributed by atoms with Crippen molar-refractivity contribution >= 4 is 23.3 Å². The number of halogens is 1. The number of Topliss-reactive ketones (excluding diaryl/α,β-unsaturated/α-hetero) is 1. The molecule has 220 valence electrons. The van der Waals surface area contributed by atoms with E-state index in [2.05, 4.69) is 15.4 Å². The van der Waals surface area contributed by atoms with Gasteiger partial charge < -0.3 is 15.8 Å². The van der Waals surface area contributed by atoms with Crippen molar-refractivity contribution in [2.45, 2.75) is 72.6 Å². The van der Waals surface area contributed by atoms with Crippen molar-refractivity contribution in [3.8, 4) is 0 Å². The molecule has 0 radical (unpaired) electrons. The molecule has 1 aliphatic carbocycles. The minimum absolute atomic E-state index is 0.117. The predicted molar refractivity (Wildman–Crippen MR) is 157 cm³/mol. The minimum Gasteiger partial charge on any atom is -0.456 e. The molecule has 0 unspecified atom stereocenters. The molecule has 0 spiro atoms. The topological polar surface area (TPSA) is 129 Å². The number of amides is 1. The highest BCUT2D eigenvalue weighted by atomic mass is 19.1. The number of hydrogen-bond donors (Lipinski definition) is 2. The maximum atomic E-state index is 13.3. The Kier molecular flexibility index (Phi) is 8.86. The molecule has 0 saturated heterocycles. The Morgan fingerprint density at radius 3 is 2.52 bits per heavy atom. The van der Waals surface area contributed by atoms with Crippen LogP contribution in [0.15, 0.2) is 48.7 Å². The number of rotatable bonds is 5. The maximum Gasteiger partial charge on any atom is 0.338 e. The summed E-state index contributed by atoms with van der Waals surface area (Å²) in [6.07, 6.45) is 3.44. The molecule has 1 amide bonds. The normalized spacial score (nSPS) is 14.1. The highest BCUT2D eigenvalue weighted by Crippen LogP contribution is 2.33. The molecule has 4 aromatic rings. The van der Waals surface area contributed by atoms with Crippen molar-refractivity contribution in [2.24, 2.45) is 5.73 Å². The van der Waals surface area contributed by atoms with E-state index in [0.29, 0.717) is 16.8 Å². The lowest BCUT2D eigenvalue weighted by atomic mass is 9.98. The summed E-state index contributed by atoms with van der Waals surface area (Å²) >= 11 is 0. The van der Waals surface area contributed by atoms with Gasteiger partial charge >= 0.3 is 5.97 Å². The quantitative estimate of drug-likeness (QED) is 0.248. The fraction of sp³-hybridized carbons (Fsp3) is 0.344. The summed E-state index contributed by atoms with van der Waals surface area (Å²) in [6, 6.07) is 11.6. The van der Waals surface area contributed by atoms with E-state index < -0.39 is 11.5 Å². The summed E-state index contributed by atoms with van der Waals surface area (Å²) in [6.45, 7) is 10.9. The van der Waals surface area contributed by atoms with E-state index in [-0.39, 0.29) is 41.5 Å². The van der Waals surface area contributed by atoms with Crippen LogP contribution in [0.3, 0.4) is 0 Å². The number of aromatic nitrogens is 3. The highest BCUT2D eigenvalue weighted by molar-refractivity contribution is 5.98. The molecule has 10 heteroatoms. The molecule has 0 aliphatic heterocycles. The molecular weight excluding hydrogens is 537 g/mol. The molecule has 3 N–H and O–H groups in total. The number of aryl methyl sites for hydroxylation is 1. The molecule has 1 aliphatic rings. The monoisotopic (exact) mass is 573 g/mol. The molecular formula is C32H36FN5O4. The molecule has 2 aromatic carbocycles. The zero-order chi connectivity index (χ0) is 30.8. The molecule has 0 saturated carbocycles. The number of carbonyl (C=O) groups excluding carboxylic acids is 3. The second-order valence-corrected chi connectivity index (χ2v) is 11.4. The molecule has 5 rings (SSSR count). The largest absolute Gasteiger partial charge is 0.456 e. The average Bonchev–Trinajstić information content (AvgIpc) is 3.55. The lowest BCUT2D eigenvalue weighted by Gasteiger charge is -2.21. The van der Waals surface area contributed by atoms with Gasteiger partial charge in [-0.3, -0.25) is 9.59 Å². The highest BCUT2D eigenvalue weighted by Gasteiger charge is 2.26. The van der Waals surface area contributed by atoms with Crippen LogP contribution < -0.4 is 11.1 Å². The fourth-order valence-electron chi connectivity index (χ4n) is 4.84. The maximum absolute atomic E-state index is 13.3. The Labute approximate surface area is 244 Å². The SMILES string of the molecule is CC(=O)c1cc(C(=O)NCc2ccc(F)c(C)c2)nc2ccnn12.Cc1c(C(=O)OC(C)(C)C)ccc2c1CC[C@@H]2N. The van der Waals surface area contributed by atoms with Crippen molar-refractivity contribution < 1.29 is 23.5 Å². The van der Waals surface area contributed by atoms with E-state index in [1.54, 1.807) is 25.1 Å². The van der Waals surface area contributed by atoms with Crippen LogP contribution in [0.2, 0.25) is 0 Å². The number of hydrogen-bond acceptors (Lipinski definition) is 7. The number of ketones is 1. The number of nitrogens with one attached hydrogen (secondary N) is 1. The third-order valence-corrected chi connectivity index (χ3v) is 6.99. The second-order valence-electron chi connectivity index (χ2n) is 11.4. The first-order valence-electron chi connectivity index (χ1n) is 13.8. The van der Waals surface area contributed by atoms with Crippen LogP contribution in [-0.2, 0) is 17.7 Å². The number of esters is 1. The van der Waals surface area contributed by atoms with Crippen molar-refractivity contribution in [2.75, 3.05) is 0 Å². The minimum atomic E-state index is -0.459. The van der Waals surface area contributed by atoms with Gasteiger partial charge in [-0.15, -0.1) is 0 Å². The molecule has 9 nitrogen and oxygen atoms in total. The van der Waals surface area contributed by atoms with Gasteiger partial charge in [0.1, 0.15) is 22.8 Å². The second kappa shape index (κ2) is 12.2. The summed E-state index contributed by atoms with van der Waals surface area (Å²) in [5.41, 5.74) is 11.8. The third kappa shape index (κ3) is 6.88. The number of nitrogens with two attached hydrogens (primary N) is 1. The number of nitrogens with zero attached hydrogens (tertiary/aromatic N) is 3. The first-order valence-corrected chi connectivity index (χ1v) is 13.8. The van der Waals surface area contributed by atoms with Crippen LogP contribution in [-0.4, -0.2) is 37.9 Å². The number of carbonyl (C=O) groups is 3. The summed E-state index contributed by atoms with van der Waals surface area (Å²) in [5, 5.41) is 6.74. The van der Waals surface area contributed by atoms with Gasteiger partial charge in [0, 0.05) is 25.6 Å². The first-order chi connectivity index (χ1) is 19.7. The Morgan fingerprint density at radius 1 is 1.12 bits per heavy atom. The van der Waals surface area contributed by atoms with Gasteiger partial charge in [0.15, 0.2) is 11.4 Å². The Morgan fingerprint density at radius 2 is 1.86 bits per heavy atom. The summed E-state index contributed by atoms with van der Waals surface area (Å²) in [7, 11) is 0. The van der Waals surface area contributed by atoms with Crippen LogP contribution in [0.4, 0.5) is 4.39 Å². The van der Waals surface area contributed by atoms with E-state index in [0.717, 1.165) is 24.0 Å². The van der Waals surface area contributed by atoms with Crippen molar-refractivity contribution in [3.05, 3.63) is 99.2 Å². The number of benzene rings is 2. The summed E-state index contributed by atoms with van der Waals surface area (Å²) in [4.78, 5) is 40.4. The van der Waals surface area contributed by atoms with Crippen molar-refractivity contribution in [1.82, 2.24) is 19.9 Å². The van der Waals surface area contributed by atoms with Gasteiger partial charge in [0.05, 0.1) is 11.8 Å². The number of ether oxygens (including phenoxy) is 1. The zero-order valence-electron chi connectivity index (χ0n) is 24.7. The summed E-state index contributed by atoms with van der Waals surface area (Å²) in [5.74, 6) is -1.16. The van der Waals surface area contributed by atoms with Crippen molar-refractivity contribution in [3.63, 3.8) is 0 Å². The van der Waals surface area contributed by atoms with Gasteiger partial charge in [0.2, 0.25) is 0 Å². The van der Waals surface area contributed by atoms with E-state index in [4.69, 9.17) is 10.5 Å². The van der Waals surface area contributed by atoms with Crippen molar-refractivity contribution in [1.29, 1.82) is 0 Å². The first kappa shape index (κ1) is 30.5. The van der Waals surface area contributed by atoms with E-state index in [1.807, 2.05) is 39.8 Å². The van der Waals surface area contributed by atoms with Crippen LogP contribution in [0.1, 0.15) is 99.3 Å². The summed E-state index contributed by atoms with van der Waals surface area (Å²) < 4.78 is 20.1. The van der Waals surface area contributed by atoms with Crippen LogP contribution >= 0.6 is 0 Å². The average molecular weight is 574 g/mol. The third-order valence-electron chi connectivity index (χ3n) is 6.99. The van der Waals surface area contributed by atoms with Gasteiger partial charge in [-0.2, -0.15) is 5.10 Å². The molecule has 2 aromatic heterocycles. The smallest absolute Gasteiger partial charge is 0.338 e. The molecule has 42 heavy (non-hydrogen) atoms. The Hall–Kier alpha value is -4.44. The zero-order valence-corrected chi connectivity index (χ0v) is 24.7. The van der Waals surface area contributed by atoms with Crippen LogP contribution in [0.25, 0.3) is 5.65 Å². The van der Waals surface area contributed by atoms with E-state index >= 15 is 0 Å². The van der Waals surface area contributed by atoms with Gasteiger partial charge in [-0.05, 0) is 93.5 Å². The van der Waals surface area contributed by atoms with Crippen LogP contribution in [0.5, 0.6) is 0 Å². The standard InChI is InChI=1S/C17H15FN4O2.C15H21NO2/c1-10-7-12(3-4-13(10)18)9-19-17(24)14-8-15(11(2)23)22-16(21-14)5-6-20-22;1-9-10-7-8-13(16)12(10)6-5-11(9)14(17)18-15(2,3)4/h3-8H,9H2,1-2H3,(H,19,24);5-6,13H,7-8,16H2,1-4H3/t;13-/m.0/s1. The van der Waals surface area contributed by atoms with Gasteiger partial charge in [-0.1, -0.05) is 18.2 Å². The lowest BCUT2D eigenvalue weighted by Crippen LogP contribution is -2.25. The van der Waals surface area contributed by atoms with E-state index in [1.165, 1.54) is 40.9 Å². The Balaban J connectivity index is 0.000000201. The van der Waals surface area contributed by atoms with Crippen LogP contribution in [0, 0.1) is 19.7 Å². The van der Waals surface area contributed by atoms with Gasteiger partial charge in [0.25, 0.3) is 5.91 Å². The number of fused-ring (bicyclic) bond motifs is 2.